The number of hydrogen-bond acceptors (Lipinski definition) is 5. The predicted molar refractivity (Wildman–Crippen MR) is 234 cm³/mol. The second-order valence-corrected chi connectivity index (χ2v) is 13.9. The van der Waals surface area contributed by atoms with Gasteiger partial charge in [0.05, 0.1) is 44.8 Å². The molecule has 0 fully saturated rings. The standard InChI is InChI=1S/C52H35N5/c1-4-16-36(17-5-1)49-51(55-46-27-11-10-26-45(46)53-49)38-30-32-43(33-31-38)57(42-23-8-3-9-24-42)44-25-15-21-40(35-44)39-20-14-22-41(34-39)52-50(37-18-6-2-7-19-37)54-47-28-12-13-29-48(47)56-52/h1-35H. The van der Waals surface area contributed by atoms with E-state index in [1.165, 1.54) is 0 Å². The van der Waals surface area contributed by atoms with Gasteiger partial charge in [-0.15, -0.1) is 0 Å². The molecule has 0 saturated carbocycles. The highest BCUT2D eigenvalue weighted by atomic mass is 15.1. The van der Waals surface area contributed by atoms with Crippen molar-refractivity contribution in [1.82, 2.24) is 19.9 Å². The molecule has 0 spiro atoms. The third kappa shape index (κ3) is 6.68. The maximum absolute atomic E-state index is 5.17. The van der Waals surface area contributed by atoms with Crippen molar-refractivity contribution in [3.8, 4) is 56.2 Å². The van der Waals surface area contributed by atoms with Gasteiger partial charge in [-0.1, -0.05) is 146 Å². The van der Waals surface area contributed by atoms with Crippen LogP contribution in [0.2, 0.25) is 0 Å². The lowest BCUT2D eigenvalue weighted by molar-refractivity contribution is 1.27. The van der Waals surface area contributed by atoms with E-state index in [2.05, 4.69) is 132 Å². The predicted octanol–water partition coefficient (Wildman–Crippen LogP) is 13.4. The number of para-hydroxylation sites is 5. The molecule has 0 saturated heterocycles. The number of anilines is 3. The summed E-state index contributed by atoms with van der Waals surface area (Å²) in [6.45, 7) is 0. The van der Waals surface area contributed by atoms with E-state index in [1.807, 2.05) is 84.9 Å². The molecule has 0 radical (unpaired) electrons. The van der Waals surface area contributed by atoms with Crippen molar-refractivity contribution in [3.05, 3.63) is 212 Å². The van der Waals surface area contributed by atoms with Gasteiger partial charge in [-0.2, -0.15) is 0 Å². The van der Waals surface area contributed by atoms with Gasteiger partial charge in [-0.3, -0.25) is 0 Å². The van der Waals surface area contributed by atoms with Crippen LogP contribution in [0.15, 0.2) is 212 Å². The van der Waals surface area contributed by atoms with E-state index in [0.29, 0.717) is 0 Å². The van der Waals surface area contributed by atoms with Gasteiger partial charge in [0.15, 0.2) is 0 Å². The van der Waals surface area contributed by atoms with E-state index in [4.69, 9.17) is 19.9 Å². The first-order chi connectivity index (χ1) is 28.2. The van der Waals surface area contributed by atoms with Crippen molar-refractivity contribution in [2.24, 2.45) is 0 Å². The highest BCUT2D eigenvalue weighted by Gasteiger charge is 2.18. The second kappa shape index (κ2) is 14.8. The fourth-order valence-electron chi connectivity index (χ4n) is 7.46. The lowest BCUT2D eigenvalue weighted by Gasteiger charge is -2.26. The van der Waals surface area contributed by atoms with Crippen LogP contribution in [-0.4, -0.2) is 19.9 Å². The second-order valence-electron chi connectivity index (χ2n) is 13.9. The Morgan fingerprint density at radius 1 is 0.228 bits per heavy atom. The first kappa shape index (κ1) is 33.8. The van der Waals surface area contributed by atoms with Crippen LogP contribution in [0, 0.1) is 0 Å². The average Bonchev–Trinajstić information content (AvgIpc) is 3.29. The fourth-order valence-corrected chi connectivity index (χ4v) is 7.46. The first-order valence-electron chi connectivity index (χ1n) is 19.1. The van der Waals surface area contributed by atoms with Crippen LogP contribution in [0.4, 0.5) is 17.1 Å². The molecular formula is C52H35N5. The summed E-state index contributed by atoms with van der Waals surface area (Å²) in [6, 6.07) is 73.2. The van der Waals surface area contributed by atoms with E-state index in [1.54, 1.807) is 0 Å². The largest absolute Gasteiger partial charge is 0.310 e. The zero-order valence-electron chi connectivity index (χ0n) is 30.9. The third-order valence-electron chi connectivity index (χ3n) is 10.2. The van der Waals surface area contributed by atoms with Crippen molar-refractivity contribution >= 4 is 39.1 Å². The summed E-state index contributed by atoms with van der Waals surface area (Å²) in [5.41, 5.74) is 16.3. The lowest BCUT2D eigenvalue weighted by Crippen LogP contribution is -2.10. The molecule has 0 bridgehead atoms. The van der Waals surface area contributed by atoms with Crippen LogP contribution < -0.4 is 4.90 Å². The van der Waals surface area contributed by atoms with Crippen molar-refractivity contribution in [2.45, 2.75) is 0 Å². The van der Waals surface area contributed by atoms with Crippen LogP contribution in [0.1, 0.15) is 0 Å². The Kier molecular flexibility index (Phi) is 8.78. The summed E-state index contributed by atoms with van der Waals surface area (Å²) in [5.74, 6) is 0. The molecule has 10 aromatic rings. The third-order valence-corrected chi connectivity index (χ3v) is 10.2. The Labute approximate surface area is 331 Å². The Balaban J connectivity index is 1.05. The average molecular weight is 730 g/mol. The molecule has 57 heavy (non-hydrogen) atoms. The highest BCUT2D eigenvalue weighted by molar-refractivity contribution is 5.89. The van der Waals surface area contributed by atoms with E-state index in [0.717, 1.165) is 95.3 Å². The van der Waals surface area contributed by atoms with Crippen molar-refractivity contribution in [2.75, 3.05) is 4.90 Å². The van der Waals surface area contributed by atoms with Gasteiger partial charge in [0.25, 0.3) is 0 Å². The number of benzene rings is 8. The lowest BCUT2D eigenvalue weighted by atomic mass is 9.98. The normalized spacial score (nSPS) is 11.2. The van der Waals surface area contributed by atoms with Crippen LogP contribution in [0.25, 0.3) is 78.2 Å². The SMILES string of the molecule is c1ccc(-c2nc3ccccc3nc2-c2ccc(N(c3ccccc3)c3cccc(-c4cccc(-c5nc6ccccc6nc5-c5ccccc5)c4)c3)cc2)cc1. The molecule has 2 heterocycles. The summed E-state index contributed by atoms with van der Waals surface area (Å²) >= 11 is 0. The molecule has 5 nitrogen and oxygen atoms in total. The summed E-state index contributed by atoms with van der Waals surface area (Å²) in [6.07, 6.45) is 0. The summed E-state index contributed by atoms with van der Waals surface area (Å²) in [4.78, 5) is 22.8. The minimum Gasteiger partial charge on any atom is -0.310 e. The van der Waals surface area contributed by atoms with Crippen molar-refractivity contribution in [1.29, 1.82) is 0 Å². The highest BCUT2D eigenvalue weighted by Crippen LogP contribution is 2.39. The fraction of sp³-hybridized carbons (Fsp3) is 0. The maximum Gasteiger partial charge on any atom is 0.0973 e. The summed E-state index contributed by atoms with van der Waals surface area (Å²) in [7, 11) is 0. The minimum absolute atomic E-state index is 0.853. The van der Waals surface area contributed by atoms with Gasteiger partial charge in [-0.25, -0.2) is 19.9 Å². The van der Waals surface area contributed by atoms with Gasteiger partial charge < -0.3 is 4.90 Å². The molecule has 10 rings (SSSR count). The Bertz CT molecular complexity index is 3000. The van der Waals surface area contributed by atoms with Gasteiger partial charge in [0, 0.05) is 39.3 Å². The molecule has 268 valence electrons. The first-order valence-corrected chi connectivity index (χ1v) is 19.1. The molecule has 5 heteroatoms. The summed E-state index contributed by atoms with van der Waals surface area (Å²) in [5, 5.41) is 0. The zero-order chi connectivity index (χ0) is 38.0. The smallest absolute Gasteiger partial charge is 0.0973 e. The molecule has 8 aromatic carbocycles. The van der Waals surface area contributed by atoms with Gasteiger partial charge in [0.2, 0.25) is 0 Å². The number of nitrogens with zero attached hydrogens (tertiary/aromatic N) is 5. The number of hydrogen-bond donors (Lipinski definition) is 0. The number of aromatic nitrogens is 4. The number of rotatable bonds is 8. The molecule has 0 aliphatic heterocycles. The molecule has 0 unspecified atom stereocenters. The molecule has 0 aliphatic rings. The van der Waals surface area contributed by atoms with E-state index >= 15 is 0 Å². The zero-order valence-corrected chi connectivity index (χ0v) is 30.9. The van der Waals surface area contributed by atoms with E-state index in [-0.39, 0.29) is 0 Å². The molecule has 2 aromatic heterocycles. The molecule has 0 N–H and O–H groups in total. The van der Waals surface area contributed by atoms with Crippen LogP contribution >= 0.6 is 0 Å². The molecule has 0 atom stereocenters. The van der Waals surface area contributed by atoms with Gasteiger partial charge in [-0.05, 0) is 77.9 Å². The Morgan fingerprint density at radius 2 is 0.561 bits per heavy atom. The van der Waals surface area contributed by atoms with Crippen LogP contribution in [0.5, 0.6) is 0 Å². The maximum atomic E-state index is 5.17. The number of fused-ring (bicyclic) bond motifs is 2. The topological polar surface area (TPSA) is 54.8 Å². The molecule has 0 amide bonds. The van der Waals surface area contributed by atoms with Gasteiger partial charge in [0.1, 0.15) is 0 Å². The van der Waals surface area contributed by atoms with Crippen molar-refractivity contribution in [3.63, 3.8) is 0 Å². The Morgan fingerprint density at radius 3 is 1.07 bits per heavy atom. The van der Waals surface area contributed by atoms with Crippen LogP contribution in [0.3, 0.4) is 0 Å². The van der Waals surface area contributed by atoms with Gasteiger partial charge >= 0.3 is 0 Å². The quantitative estimate of drug-likeness (QED) is 0.156. The summed E-state index contributed by atoms with van der Waals surface area (Å²) < 4.78 is 0. The monoisotopic (exact) mass is 729 g/mol. The van der Waals surface area contributed by atoms with Crippen LogP contribution in [-0.2, 0) is 0 Å². The molecule has 0 aliphatic carbocycles. The van der Waals surface area contributed by atoms with E-state index < -0.39 is 0 Å². The Hall–Kier alpha value is -7.76. The molecular weight excluding hydrogens is 695 g/mol. The van der Waals surface area contributed by atoms with Crippen molar-refractivity contribution < 1.29 is 0 Å². The minimum atomic E-state index is 0.853. The van der Waals surface area contributed by atoms with E-state index in [9.17, 15) is 0 Å².